The number of aromatic nitrogens is 4. The summed E-state index contributed by atoms with van der Waals surface area (Å²) in [7, 11) is 0. The Bertz CT molecular complexity index is 492. The highest BCUT2D eigenvalue weighted by Crippen LogP contribution is 2.37. The molecule has 0 radical (unpaired) electrons. The molecule has 1 saturated heterocycles. The molecule has 0 spiro atoms. The zero-order chi connectivity index (χ0) is 10.3. The molecule has 0 aromatic carbocycles. The molecule has 1 unspecified atom stereocenters. The maximum Gasteiger partial charge on any atom is 0.165 e. The molecular formula is C9H9BrN4S. The Morgan fingerprint density at radius 2 is 2.33 bits per heavy atom. The van der Waals surface area contributed by atoms with E-state index in [0.717, 1.165) is 15.8 Å². The van der Waals surface area contributed by atoms with Gasteiger partial charge in [0.1, 0.15) is 16.4 Å². The summed E-state index contributed by atoms with van der Waals surface area (Å²) < 4.78 is 2.92. The van der Waals surface area contributed by atoms with Gasteiger partial charge in [0.2, 0.25) is 0 Å². The average Bonchev–Trinajstić information content (AvgIpc) is 2.85. The molecule has 0 saturated carbocycles. The highest BCUT2D eigenvalue weighted by atomic mass is 79.9. The van der Waals surface area contributed by atoms with Gasteiger partial charge in [-0.25, -0.2) is 15.0 Å². The summed E-state index contributed by atoms with van der Waals surface area (Å²) in [6, 6.07) is 0. The van der Waals surface area contributed by atoms with E-state index in [1.165, 1.54) is 18.6 Å². The minimum Gasteiger partial charge on any atom is -0.302 e. The number of halogens is 1. The number of rotatable bonds is 1. The largest absolute Gasteiger partial charge is 0.302 e. The molecule has 1 aliphatic heterocycles. The quantitative estimate of drug-likeness (QED) is 0.755. The van der Waals surface area contributed by atoms with E-state index in [2.05, 4.69) is 35.4 Å². The van der Waals surface area contributed by atoms with Crippen LogP contribution in [0.15, 0.2) is 17.3 Å². The Morgan fingerprint density at radius 1 is 1.40 bits per heavy atom. The van der Waals surface area contributed by atoms with Crippen molar-refractivity contribution in [2.75, 3.05) is 5.75 Å². The first-order valence-electron chi connectivity index (χ1n) is 4.81. The van der Waals surface area contributed by atoms with E-state index in [4.69, 9.17) is 0 Å². The second-order valence-electron chi connectivity index (χ2n) is 3.46. The molecule has 2 aromatic rings. The van der Waals surface area contributed by atoms with E-state index in [1.807, 2.05) is 18.1 Å². The van der Waals surface area contributed by atoms with Crippen LogP contribution in [-0.2, 0) is 0 Å². The van der Waals surface area contributed by atoms with Gasteiger partial charge in [0, 0.05) is 0 Å². The predicted molar refractivity (Wildman–Crippen MR) is 63.8 cm³/mol. The first-order chi connectivity index (χ1) is 7.36. The Balaban J connectivity index is 2.15. The van der Waals surface area contributed by atoms with E-state index in [1.54, 1.807) is 6.33 Å². The number of imidazole rings is 1. The van der Waals surface area contributed by atoms with E-state index in [9.17, 15) is 0 Å². The topological polar surface area (TPSA) is 43.6 Å². The average molecular weight is 285 g/mol. The normalized spacial score (nSPS) is 21.3. The van der Waals surface area contributed by atoms with Crippen LogP contribution in [0.25, 0.3) is 11.2 Å². The molecule has 1 fully saturated rings. The van der Waals surface area contributed by atoms with Crippen molar-refractivity contribution < 1.29 is 0 Å². The molecule has 1 aliphatic rings. The minimum atomic E-state index is 0.497. The standard InChI is InChI=1S/C9H9BrN4S/c10-8-7-9(12-4-11-8)14(5-13-7)6-2-1-3-15-6/h4-6H,1-3H2. The second kappa shape index (κ2) is 3.75. The summed E-state index contributed by atoms with van der Waals surface area (Å²) >= 11 is 5.35. The monoisotopic (exact) mass is 284 g/mol. The third kappa shape index (κ3) is 1.56. The number of fused-ring (bicyclic) bond motifs is 1. The first-order valence-corrected chi connectivity index (χ1v) is 6.65. The lowest BCUT2D eigenvalue weighted by Gasteiger charge is -2.10. The van der Waals surface area contributed by atoms with E-state index >= 15 is 0 Å². The zero-order valence-corrected chi connectivity index (χ0v) is 10.3. The van der Waals surface area contributed by atoms with Crippen molar-refractivity contribution in [3.8, 4) is 0 Å². The highest BCUT2D eigenvalue weighted by molar-refractivity contribution is 9.10. The molecule has 0 amide bonds. The first kappa shape index (κ1) is 9.59. The van der Waals surface area contributed by atoms with Gasteiger partial charge >= 0.3 is 0 Å². The van der Waals surface area contributed by atoms with Gasteiger partial charge in [-0.1, -0.05) is 0 Å². The number of hydrogen-bond donors (Lipinski definition) is 0. The predicted octanol–water partition coefficient (Wildman–Crippen LogP) is 2.61. The maximum atomic E-state index is 4.34. The van der Waals surface area contributed by atoms with E-state index < -0.39 is 0 Å². The lowest BCUT2D eigenvalue weighted by atomic mass is 10.3. The molecule has 0 bridgehead atoms. The van der Waals surface area contributed by atoms with Crippen LogP contribution < -0.4 is 0 Å². The zero-order valence-electron chi connectivity index (χ0n) is 7.93. The Kier molecular flexibility index (Phi) is 2.40. The molecule has 78 valence electrons. The van der Waals surface area contributed by atoms with Crippen molar-refractivity contribution in [3.05, 3.63) is 17.3 Å². The summed E-state index contributed by atoms with van der Waals surface area (Å²) in [5.74, 6) is 1.23. The van der Waals surface area contributed by atoms with Crippen LogP contribution in [0.5, 0.6) is 0 Å². The summed E-state index contributed by atoms with van der Waals surface area (Å²) in [4.78, 5) is 12.7. The molecule has 1 atom stereocenters. The molecule has 3 heterocycles. The summed E-state index contributed by atoms with van der Waals surface area (Å²) in [5, 5.41) is 0.497. The van der Waals surface area contributed by atoms with E-state index in [0.29, 0.717) is 5.37 Å². The molecule has 3 rings (SSSR count). The van der Waals surface area contributed by atoms with Gasteiger partial charge in [0.05, 0.1) is 11.7 Å². The van der Waals surface area contributed by atoms with Gasteiger partial charge in [-0.05, 0) is 34.5 Å². The van der Waals surface area contributed by atoms with Crippen LogP contribution in [0, 0.1) is 0 Å². The van der Waals surface area contributed by atoms with Crippen LogP contribution in [0.3, 0.4) is 0 Å². The van der Waals surface area contributed by atoms with Crippen LogP contribution >= 0.6 is 27.7 Å². The van der Waals surface area contributed by atoms with Gasteiger partial charge < -0.3 is 4.57 Å². The van der Waals surface area contributed by atoms with Gasteiger partial charge in [-0.15, -0.1) is 11.8 Å². The number of hydrogen-bond acceptors (Lipinski definition) is 4. The smallest absolute Gasteiger partial charge is 0.165 e. The molecule has 0 aliphatic carbocycles. The van der Waals surface area contributed by atoms with Crippen molar-refractivity contribution >= 4 is 38.9 Å². The molecule has 4 nitrogen and oxygen atoms in total. The van der Waals surface area contributed by atoms with Crippen molar-refractivity contribution in [2.45, 2.75) is 18.2 Å². The van der Waals surface area contributed by atoms with Gasteiger partial charge in [0.25, 0.3) is 0 Å². The second-order valence-corrected chi connectivity index (χ2v) is 5.49. The fraction of sp³-hybridized carbons (Fsp3) is 0.444. The number of nitrogens with zero attached hydrogens (tertiary/aromatic N) is 4. The van der Waals surface area contributed by atoms with Gasteiger partial charge in [-0.2, -0.15) is 0 Å². The summed E-state index contributed by atoms with van der Waals surface area (Å²) in [5.41, 5.74) is 1.78. The third-order valence-electron chi connectivity index (χ3n) is 2.53. The van der Waals surface area contributed by atoms with Crippen LogP contribution in [0.2, 0.25) is 0 Å². The lowest BCUT2D eigenvalue weighted by molar-refractivity contribution is 0.654. The Hall–Kier alpha value is -0.620. The van der Waals surface area contributed by atoms with Crippen LogP contribution in [0.1, 0.15) is 18.2 Å². The van der Waals surface area contributed by atoms with Crippen molar-refractivity contribution in [3.63, 3.8) is 0 Å². The van der Waals surface area contributed by atoms with Crippen molar-refractivity contribution in [2.24, 2.45) is 0 Å². The highest BCUT2D eigenvalue weighted by Gasteiger charge is 2.20. The van der Waals surface area contributed by atoms with Gasteiger partial charge in [0.15, 0.2) is 5.65 Å². The molecule has 6 heteroatoms. The molecular weight excluding hydrogens is 276 g/mol. The third-order valence-corrected chi connectivity index (χ3v) is 4.48. The summed E-state index contributed by atoms with van der Waals surface area (Å²) in [6.45, 7) is 0. The van der Waals surface area contributed by atoms with Gasteiger partial charge in [-0.3, -0.25) is 0 Å². The Labute approximate surface area is 99.6 Å². The van der Waals surface area contributed by atoms with Crippen molar-refractivity contribution in [1.82, 2.24) is 19.5 Å². The Morgan fingerprint density at radius 3 is 3.13 bits per heavy atom. The molecule has 15 heavy (non-hydrogen) atoms. The summed E-state index contributed by atoms with van der Waals surface area (Å²) in [6.07, 6.45) is 5.93. The van der Waals surface area contributed by atoms with Crippen molar-refractivity contribution in [1.29, 1.82) is 0 Å². The fourth-order valence-corrected chi connectivity index (χ4v) is 3.44. The number of thioether (sulfide) groups is 1. The van der Waals surface area contributed by atoms with E-state index in [-0.39, 0.29) is 0 Å². The van der Waals surface area contributed by atoms with Crippen LogP contribution in [-0.4, -0.2) is 25.3 Å². The lowest BCUT2D eigenvalue weighted by Crippen LogP contribution is -2.01. The van der Waals surface area contributed by atoms with Crippen LogP contribution in [0.4, 0.5) is 0 Å². The maximum absolute atomic E-state index is 4.34. The minimum absolute atomic E-state index is 0.497. The SMILES string of the molecule is Brc1ncnc2c1ncn2C1CCCS1. The molecule has 0 N–H and O–H groups in total. The molecule has 2 aromatic heterocycles. The fourth-order valence-electron chi connectivity index (χ4n) is 1.81.